The number of nitrogens with one attached hydrogen (secondary N) is 4. The molecule has 0 saturated carbocycles. The van der Waals surface area contributed by atoms with Crippen LogP contribution in [0.2, 0.25) is 0 Å². The van der Waals surface area contributed by atoms with Crippen molar-refractivity contribution in [3.8, 4) is 0 Å². The van der Waals surface area contributed by atoms with E-state index in [9.17, 15) is 9.00 Å². The number of nitrogens with zero attached hydrogens (tertiary/aromatic N) is 3. The second kappa shape index (κ2) is 10.5. The summed E-state index contributed by atoms with van der Waals surface area (Å²) in [5.41, 5.74) is 2.59. The van der Waals surface area contributed by atoms with Gasteiger partial charge in [-0.15, -0.1) is 16.9 Å². The molecule has 13 heteroatoms. The SMILES string of the molecule is CCC1NC([C@H](Cc2ccc(NS(=O)O)cc2)Nc2nc(NC(=O)OC)n(C)n2)=CS1. The van der Waals surface area contributed by atoms with Crippen molar-refractivity contribution in [2.24, 2.45) is 7.05 Å². The molecule has 3 atom stereocenters. The normalized spacial score (nSPS) is 17.3. The Hall–Kier alpha value is -2.77. The number of methoxy groups -OCH3 is 1. The van der Waals surface area contributed by atoms with Crippen molar-refractivity contribution in [1.29, 1.82) is 0 Å². The third-order valence-corrected chi connectivity index (χ3v) is 6.08. The van der Waals surface area contributed by atoms with Crippen molar-refractivity contribution in [3.63, 3.8) is 0 Å². The highest BCUT2D eigenvalue weighted by Crippen LogP contribution is 2.27. The summed E-state index contributed by atoms with van der Waals surface area (Å²) in [7, 11) is 2.95. The topological polar surface area (TPSA) is 142 Å². The van der Waals surface area contributed by atoms with E-state index in [1.54, 1.807) is 30.9 Å². The molecule has 168 valence electrons. The molecule has 0 aliphatic carbocycles. The molecule has 3 rings (SSSR count). The third-order valence-electron chi connectivity index (χ3n) is 4.50. The second-order valence-corrected chi connectivity index (χ2v) is 8.48. The minimum atomic E-state index is -2.11. The zero-order valence-electron chi connectivity index (χ0n) is 17.3. The fraction of sp³-hybridized carbons (Fsp3) is 0.389. The van der Waals surface area contributed by atoms with E-state index in [1.807, 2.05) is 12.1 Å². The second-order valence-electron chi connectivity index (χ2n) is 6.70. The van der Waals surface area contributed by atoms with Crippen LogP contribution in [0.5, 0.6) is 0 Å². The number of thioether (sulfide) groups is 1. The van der Waals surface area contributed by atoms with Crippen molar-refractivity contribution < 1.29 is 18.3 Å². The van der Waals surface area contributed by atoms with Crippen LogP contribution >= 0.6 is 11.8 Å². The molecule has 0 fully saturated rings. The van der Waals surface area contributed by atoms with Crippen LogP contribution in [-0.2, 0) is 29.5 Å². The van der Waals surface area contributed by atoms with E-state index in [0.717, 1.165) is 17.7 Å². The van der Waals surface area contributed by atoms with Gasteiger partial charge in [-0.3, -0.25) is 14.6 Å². The molecule has 2 heterocycles. The van der Waals surface area contributed by atoms with Crippen molar-refractivity contribution in [2.45, 2.75) is 31.2 Å². The van der Waals surface area contributed by atoms with Gasteiger partial charge in [-0.2, -0.15) is 4.98 Å². The summed E-state index contributed by atoms with van der Waals surface area (Å²) in [6.45, 7) is 2.12. The monoisotopic (exact) mass is 467 g/mol. The van der Waals surface area contributed by atoms with Gasteiger partial charge in [-0.1, -0.05) is 19.1 Å². The molecule has 1 aliphatic heterocycles. The first-order valence-electron chi connectivity index (χ1n) is 9.49. The quantitative estimate of drug-likeness (QED) is 0.351. The first-order valence-corrected chi connectivity index (χ1v) is 11.5. The number of carbonyl (C=O) groups is 1. The number of carbonyl (C=O) groups excluding carboxylic acids is 1. The van der Waals surface area contributed by atoms with Crippen LogP contribution in [0, 0.1) is 0 Å². The van der Waals surface area contributed by atoms with Gasteiger partial charge in [0.25, 0.3) is 11.3 Å². The molecule has 31 heavy (non-hydrogen) atoms. The lowest BCUT2D eigenvalue weighted by molar-refractivity contribution is 0.186. The maximum absolute atomic E-state index is 11.5. The largest absolute Gasteiger partial charge is 0.453 e. The summed E-state index contributed by atoms with van der Waals surface area (Å²) in [6.07, 6.45) is 0.972. The molecular formula is C18H25N7O4S2. The number of hydrogen-bond acceptors (Lipinski definition) is 8. The first-order chi connectivity index (χ1) is 14.9. The van der Waals surface area contributed by atoms with Crippen molar-refractivity contribution in [3.05, 3.63) is 40.9 Å². The Bertz CT molecular complexity index is 964. The third kappa shape index (κ3) is 6.35. The lowest BCUT2D eigenvalue weighted by Crippen LogP contribution is -2.33. The van der Waals surface area contributed by atoms with E-state index in [4.69, 9.17) is 4.55 Å². The van der Waals surface area contributed by atoms with Crippen LogP contribution in [0.1, 0.15) is 18.9 Å². The molecule has 5 N–H and O–H groups in total. The standard InChI is InChI=1S/C18H25N7O4S2/c1-4-15-19-14(10-30-15)13(9-11-5-7-12(8-6-11)24-31(27)28)20-16-21-17(25(2)23-16)22-18(26)29-3/h5-8,10,13,15,19,24H,4,9H2,1-3H3,(H,27,28)(H2,20,21,22,23,26)/t13-,15?/m0/s1. The molecule has 0 bridgehead atoms. The molecule has 1 amide bonds. The summed E-state index contributed by atoms with van der Waals surface area (Å²) in [6, 6.07) is 7.12. The maximum atomic E-state index is 11.5. The number of hydrogen-bond donors (Lipinski definition) is 5. The van der Waals surface area contributed by atoms with E-state index < -0.39 is 17.4 Å². The number of anilines is 3. The van der Waals surface area contributed by atoms with E-state index >= 15 is 0 Å². The highest BCUT2D eigenvalue weighted by Gasteiger charge is 2.24. The van der Waals surface area contributed by atoms with Crippen LogP contribution < -0.4 is 20.7 Å². The van der Waals surface area contributed by atoms with Crippen LogP contribution in [-0.4, -0.2) is 48.1 Å². The first kappa shape index (κ1) is 22.9. The fourth-order valence-corrected chi connectivity index (χ4v) is 4.20. The molecule has 0 radical (unpaired) electrons. The maximum Gasteiger partial charge on any atom is 0.413 e. The Morgan fingerprint density at radius 2 is 2.16 bits per heavy atom. The van der Waals surface area contributed by atoms with Gasteiger partial charge in [-0.05, 0) is 35.9 Å². The number of aryl methyl sites for hydroxylation is 1. The molecule has 1 aromatic carbocycles. The Kier molecular flexibility index (Phi) is 7.76. The molecule has 0 saturated heterocycles. The smallest absolute Gasteiger partial charge is 0.413 e. The molecule has 0 spiro atoms. The molecule has 1 aromatic heterocycles. The summed E-state index contributed by atoms with van der Waals surface area (Å²) < 4.78 is 28.4. The van der Waals surface area contributed by atoms with Gasteiger partial charge < -0.3 is 15.4 Å². The lowest BCUT2D eigenvalue weighted by Gasteiger charge is -2.21. The van der Waals surface area contributed by atoms with Gasteiger partial charge in [0.2, 0.25) is 11.9 Å². The van der Waals surface area contributed by atoms with E-state index in [0.29, 0.717) is 23.4 Å². The van der Waals surface area contributed by atoms with Crippen LogP contribution in [0.25, 0.3) is 0 Å². The van der Waals surface area contributed by atoms with E-state index in [-0.39, 0.29) is 12.0 Å². The Balaban J connectivity index is 1.77. The number of aromatic nitrogens is 3. The van der Waals surface area contributed by atoms with Gasteiger partial charge in [0.05, 0.1) is 18.5 Å². The van der Waals surface area contributed by atoms with Crippen LogP contribution in [0.3, 0.4) is 0 Å². The zero-order chi connectivity index (χ0) is 22.4. The van der Waals surface area contributed by atoms with Gasteiger partial charge in [0.15, 0.2) is 0 Å². The minimum absolute atomic E-state index is 0.150. The Morgan fingerprint density at radius 3 is 2.77 bits per heavy atom. The number of ether oxygens (including phenoxy) is 1. The molecule has 2 aromatic rings. The van der Waals surface area contributed by atoms with Crippen molar-refractivity contribution >= 4 is 46.7 Å². The summed E-state index contributed by atoms with van der Waals surface area (Å²) in [5.74, 6) is 0.621. The fourth-order valence-electron chi connectivity index (χ4n) is 2.93. The lowest BCUT2D eigenvalue weighted by atomic mass is 10.0. The number of benzene rings is 1. The Labute approximate surface area is 186 Å². The molecule has 1 aliphatic rings. The summed E-state index contributed by atoms with van der Waals surface area (Å²) in [4.78, 5) is 15.8. The number of amides is 1. The minimum Gasteiger partial charge on any atom is -0.453 e. The molecule has 11 nitrogen and oxygen atoms in total. The van der Waals surface area contributed by atoms with Gasteiger partial charge in [-0.25, -0.2) is 13.7 Å². The predicted molar refractivity (Wildman–Crippen MR) is 122 cm³/mol. The average molecular weight is 468 g/mol. The molecular weight excluding hydrogens is 442 g/mol. The summed E-state index contributed by atoms with van der Waals surface area (Å²) >= 11 is -0.390. The average Bonchev–Trinajstić information content (AvgIpc) is 3.35. The summed E-state index contributed by atoms with van der Waals surface area (Å²) in [5, 5.41) is 16.1. The highest BCUT2D eigenvalue weighted by atomic mass is 32.2. The van der Waals surface area contributed by atoms with Gasteiger partial charge in [0.1, 0.15) is 0 Å². The van der Waals surface area contributed by atoms with E-state index in [1.165, 1.54) is 11.8 Å². The highest BCUT2D eigenvalue weighted by molar-refractivity contribution is 8.02. The van der Waals surface area contributed by atoms with E-state index in [2.05, 4.69) is 47.8 Å². The zero-order valence-corrected chi connectivity index (χ0v) is 18.9. The van der Waals surface area contributed by atoms with Gasteiger partial charge in [0, 0.05) is 18.4 Å². The van der Waals surface area contributed by atoms with Crippen molar-refractivity contribution in [1.82, 2.24) is 20.1 Å². The van der Waals surface area contributed by atoms with Gasteiger partial charge >= 0.3 is 6.09 Å². The number of rotatable bonds is 9. The van der Waals surface area contributed by atoms with Crippen molar-refractivity contribution in [2.75, 3.05) is 22.5 Å². The van der Waals surface area contributed by atoms with Crippen LogP contribution in [0.4, 0.5) is 22.4 Å². The van der Waals surface area contributed by atoms with Crippen LogP contribution in [0.15, 0.2) is 35.4 Å². The molecule has 2 unspecified atom stereocenters. The predicted octanol–water partition coefficient (Wildman–Crippen LogP) is 2.48. The Morgan fingerprint density at radius 1 is 1.42 bits per heavy atom.